The summed E-state index contributed by atoms with van der Waals surface area (Å²) in [5.41, 5.74) is -1.06. The fourth-order valence-corrected chi connectivity index (χ4v) is 6.63. The lowest BCUT2D eigenvalue weighted by Gasteiger charge is -2.45. The Morgan fingerprint density at radius 2 is 1.79 bits per heavy atom. The Kier molecular flexibility index (Phi) is 7.02. The van der Waals surface area contributed by atoms with Crippen molar-refractivity contribution in [1.29, 1.82) is 0 Å². The summed E-state index contributed by atoms with van der Waals surface area (Å²) in [6.45, 7) is 13.8. The molecule has 3 N–H and O–H groups in total. The topological polar surface area (TPSA) is 122 Å². The van der Waals surface area contributed by atoms with E-state index in [1.54, 1.807) is 13.8 Å². The Morgan fingerprint density at radius 1 is 1.11 bits per heavy atom. The maximum atomic E-state index is 14.0. The fourth-order valence-electron chi connectivity index (χ4n) is 6.63. The van der Waals surface area contributed by atoms with Crippen molar-refractivity contribution in [2.24, 2.45) is 5.41 Å². The molecule has 3 aliphatic rings. The molecule has 1 fully saturated rings. The first-order valence-electron chi connectivity index (χ1n) is 13.4. The van der Waals surface area contributed by atoms with Crippen LogP contribution in [-0.4, -0.2) is 46.3 Å². The van der Waals surface area contributed by atoms with E-state index in [0.717, 1.165) is 38.7 Å². The van der Waals surface area contributed by atoms with Gasteiger partial charge in [0.15, 0.2) is 17.3 Å². The molecule has 1 aliphatic carbocycles. The van der Waals surface area contributed by atoms with Gasteiger partial charge in [0.25, 0.3) is 0 Å². The van der Waals surface area contributed by atoms with Crippen LogP contribution in [0.15, 0.2) is 23.1 Å². The highest BCUT2D eigenvalue weighted by Gasteiger charge is 2.56. The largest absolute Gasteiger partial charge is 0.507 e. The van der Waals surface area contributed by atoms with Crippen LogP contribution in [0.25, 0.3) is 0 Å². The van der Waals surface area contributed by atoms with Gasteiger partial charge >= 0.3 is 0 Å². The summed E-state index contributed by atoms with van der Waals surface area (Å²) < 4.78 is 11.8. The van der Waals surface area contributed by atoms with Gasteiger partial charge in [0, 0.05) is 30.5 Å². The van der Waals surface area contributed by atoms with Crippen molar-refractivity contribution in [2.45, 2.75) is 91.6 Å². The second-order valence-corrected chi connectivity index (χ2v) is 11.8. The smallest absolute Gasteiger partial charge is 0.194 e. The third-order valence-corrected chi connectivity index (χ3v) is 8.51. The minimum atomic E-state index is -1.51. The Balaban J connectivity index is 1.67. The molecule has 0 saturated carbocycles. The molecule has 0 spiro atoms. The molecule has 8 heteroatoms. The number of benzene rings is 1. The molecule has 4 rings (SSSR count). The number of carbonyl (C=O) groups excluding carboxylic acids is 3. The number of carbonyl (C=O) groups is 3. The number of phenols is 2. The lowest BCUT2D eigenvalue weighted by molar-refractivity contribution is -0.123. The predicted molar refractivity (Wildman–Crippen MR) is 143 cm³/mol. The first-order chi connectivity index (χ1) is 17.7. The number of aromatic hydroxyl groups is 2. The van der Waals surface area contributed by atoms with E-state index in [1.165, 1.54) is 19.9 Å². The molecule has 8 nitrogen and oxygen atoms in total. The number of fused-ring (bicyclic) bond motifs is 3. The van der Waals surface area contributed by atoms with Gasteiger partial charge in [-0.25, -0.2) is 0 Å². The zero-order valence-corrected chi connectivity index (χ0v) is 23.5. The van der Waals surface area contributed by atoms with Crippen LogP contribution in [0.1, 0.15) is 95.1 Å². The third kappa shape index (κ3) is 4.32. The van der Waals surface area contributed by atoms with Crippen LogP contribution in [0.3, 0.4) is 0 Å². The van der Waals surface area contributed by atoms with E-state index in [1.807, 2.05) is 0 Å². The summed E-state index contributed by atoms with van der Waals surface area (Å²) in [7, 11) is 0. The van der Waals surface area contributed by atoms with Gasteiger partial charge in [0.1, 0.15) is 34.0 Å². The average molecular weight is 526 g/mol. The summed E-state index contributed by atoms with van der Waals surface area (Å²) in [6.07, 6.45) is 6.20. The van der Waals surface area contributed by atoms with E-state index in [9.17, 15) is 24.6 Å². The first-order valence-corrected chi connectivity index (χ1v) is 13.4. The van der Waals surface area contributed by atoms with Crippen LogP contribution < -0.4 is 10.1 Å². The summed E-state index contributed by atoms with van der Waals surface area (Å²) >= 11 is 0. The molecule has 2 heterocycles. The van der Waals surface area contributed by atoms with Crippen LogP contribution in [0, 0.1) is 12.3 Å². The molecule has 0 bridgehead atoms. The number of rotatable bonds is 7. The van der Waals surface area contributed by atoms with E-state index in [2.05, 4.69) is 26.1 Å². The van der Waals surface area contributed by atoms with E-state index >= 15 is 0 Å². The van der Waals surface area contributed by atoms with E-state index in [4.69, 9.17) is 9.47 Å². The van der Waals surface area contributed by atoms with Gasteiger partial charge in [-0.1, -0.05) is 13.3 Å². The van der Waals surface area contributed by atoms with Crippen LogP contribution >= 0.6 is 0 Å². The van der Waals surface area contributed by atoms with E-state index < -0.39 is 28.5 Å². The SMILES string of the molecule is CCCC1(CCN/C(C)=C2\C(=O)C=C3Oc4c(C(C)=O)c(O)c(C)c(O)c4[C@@]3(C)C2=O)CCOC(C)(C)C1. The number of hydrogen-bond acceptors (Lipinski definition) is 8. The van der Waals surface area contributed by atoms with Gasteiger partial charge in [0.2, 0.25) is 0 Å². The molecule has 1 aromatic carbocycles. The molecule has 2 atom stereocenters. The summed E-state index contributed by atoms with van der Waals surface area (Å²) in [5.74, 6) is -2.27. The minimum Gasteiger partial charge on any atom is -0.507 e. The zero-order chi connectivity index (χ0) is 28.2. The van der Waals surface area contributed by atoms with Gasteiger partial charge in [0.05, 0.1) is 16.7 Å². The summed E-state index contributed by atoms with van der Waals surface area (Å²) in [5, 5.41) is 24.8. The second kappa shape index (κ2) is 9.56. The lowest BCUT2D eigenvalue weighted by atomic mass is 9.69. The van der Waals surface area contributed by atoms with Crippen molar-refractivity contribution in [3.05, 3.63) is 39.8 Å². The lowest BCUT2D eigenvalue weighted by Crippen LogP contribution is -2.43. The van der Waals surface area contributed by atoms with Crippen molar-refractivity contribution in [3.63, 3.8) is 0 Å². The molecular weight excluding hydrogens is 486 g/mol. The minimum absolute atomic E-state index is 0.000878. The second-order valence-electron chi connectivity index (χ2n) is 11.8. The standard InChI is InChI=1S/C30H39NO7/c1-8-9-30(11-13-37-28(5,6)15-30)10-12-31-17(3)21-19(33)14-20-29(7,27(21)36)23-25(35)16(2)24(34)22(18(4)32)26(23)38-20/h14,31,34-35H,8-13,15H2,1-7H3/b21-17+/t29-,30?/m0/s1. The number of ether oxygens (including phenoxy) is 2. The number of nitrogens with one attached hydrogen (secondary N) is 1. The van der Waals surface area contributed by atoms with Crippen LogP contribution in [0.4, 0.5) is 0 Å². The van der Waals surface area contributed by atoms with Crippen molar-refractivity contribution >= 4 is 17.3 Å². The van der Waals surface area contributed by atoms with Gasteiger partial charge < -0.3 is 25.0 Å². The number of ketones is 3. The van der Waals surface area contributed by atoms with Gasteiger partial charge in [-0.3, -0.25) is 14.4 Å². The van der Waals surface area contributed by atoms with Crippen LogP contribution in [0.5, 0.6) is 17.2 Å². The molecule has 0 aromatic heterocycles. The number of phenolic OH excluding ortho intramolecular Hbond substituents is 2. The molecular formula is C30H39NO7. The maximum Gasteiger partial charge on any atom is 0.194 e. The summed E-state index contributed by atoms with van der Waals surface area (Å²) in [4.78, 5) is 39.5. The molecule has 0 amide bonds. The molecule has 206 valence electrons. The highest BCUT2D eigenvalue weighted by atomic mass is 16.5. The van der Waals surface area contributed by atoms with Crippen molar-refractivity contribution in [3.8, 4) is 17.2 Å². The molecule has 1 aromatic rings. The molecule has 1 saturated heterocycles. The first kappa shape index (κ1) is 27.9. The van der Waals surface area contributed by atoms with Crippen molar-refractivity contribution in [1.82, 2.24) is 5.32 Å². The quantitative estimate of drug-likeness (QED) is 0.260. The monoisotopic (exact) mass is 525 g/mol. The number of hydrogen-bond donors (Lipinski definition) is 3. The average Bonchev–Trinajstić information content (AvgIpc) is 3.10. The van der Waals surface area contributed by atoms with Gasteiger partial charge in [-0.15, -0.1) is 0 Å². The molecule has 0 radical (unpaired) electrons. The van der Waals surface area contributed by atoms with Crippen molar-refractivity contribution in [2.75, 3.05) is 13.2 Å². The van der Waals surface area contributed by atoms with E-state index in [0.29, 0.717) is 12.2 Å². The Labute approximate surface area is 224 Å². The predicted octanol–water partition coefficient (Wildman–Crippen LogP) is 4.92. The molecule has 1 unspecified atom stereocenters. The number of Topliss-reactive ketones (excluding diaryl/α,β-unsaturated/α-hetero) is 2. The number of allylic oxidation sites excluding steroid dienone is 4. The molecule has 2 aliphatic heterocycles. The van der Waals surface area contributed by atoms with Crippen LogP contribution in [-0.2, 0) is 19.7 Å². The zero-order valence-electron chi connectivity index (χ0n) is 23.5. The van der Waals surface area contributed by atoms with Gasteiger partial charge in [-0.05, 0) is 72.6 Å². The van der Waals surface area contributed by atoms with Crippen molar-refractivity contribution < 1.29 is 34.1 Å². The Morgan fingerprint density at radius 3 is 2.39 bits per heavy atom. The van der Waals surface area contributed by atoms with Crippen LogP contribution in [0.2, 0.25) is 0 Å². The Hall–Kier alpha value is -3.13. The Bertz CT molecular complexity index is 1280. The maximum absolute atomic E-state index is 14.0. The third-order valence-electron chi connectivity index (χ3n) is 8.51. The van der Waals surface area contributed by atoms with Gasteiger partial charge in [-0.2, -0.15) is 0 Å². The summed E-state index contributed by atoms with van der Waals surface area (Å²) in [6, 6.07) is 0. The highest BCUT2D eigenvalue weighted by molar-refractivity contribution is 6.31. The highest BCUT2D eigenvalue weighted by Crippen LogP contribution is 2.57. The van der Waals surface area contributed by atoms with E-state index in [-0.39, 0.29) is 50.5 Å². The normalized spacial score (nSPS) is 27.3. The fraction of sp³-hybridized carbons (Fsp3) is 0.567. The molecule has 38 heavy (non-hydrogen) atoms.